The Labute approximate surface area is 181 Å². The van der Waals surface area contributed by atoms with Gasteiger partial charge in [0.05, 0.1) is 11.4 Å². The Hall–Kier alpha value is -2.68. The second kappa shape index (κ2) is 10.4. The molecule has 1 aromatic carbocycles. The highest BCUT2D eigenvalue weighted by molar-refractivity contribution is 5.64. The molecule has 1 heterocycles. The highest BCUT2D eigenvalue weighted by Gasteiger charge is 2.20. The third-order valence-electron chi connectivity index (χ3n) is 6.18. The van der Waals surface area contributed by atoms with Crippen molar-refractivity contribution in [2.75, 3.05) is 0 Å². The van der Waals surface area contributed by atoms with Gasteiger partial charge in [0, 0.05) is 24.0 Å². The van der Waals surface area contributed by atoms with Crippen LogP contribution in [0.3, 0.4) is 0 Å². The smallest absolute Gasteiger partial charge is 0.0858 e. The molecule has 3 rings (SSSR count). The summed E-state index contributed by atoms with van der Waals surface area (Å²) in [5.41, 5.74) is 15.8. The summed E-state index contributed by atoms with van der Waals surface area (Å²) in [6.07, 6.45) is 12.7. The first-order valence-corrected chi connectivity index (χ1v) is 11.2. The van der Waals surface area contributed by atoms with Crippen LogP contribution in [0.15, 0.2) is 58.9 Å². The molecule has 3 nitrogen and oxygen atoms in total. The lowest BCUT2D eigenvalue weighted by atomic mass is 9.85. The maximum atomic E-state index is 6.31. The van der Waals surface area contributed by atoms with Crippen molar-refractivity contribution in [2.45, 2.75) is 72.1 Å². The standard InChI is InChI=1S/C27H35N3/c1-5-7-14-25(29-6-2)24(23-13-8-10-19(3)20(23)4)17-21-15-16-26(30-18-21)27(28)22-11-9-12-22/h6,8,10,13-16,18,24H,5,7,9,11-12,17,28H2,1-4H3/b25-14-,29-6?. The van der Waals surface area contributed by atoms with E-state index in [4.69, 9.17) is 15.7 Å². The SMILES string of the molecule is CC=N/C(=C\CCC)C(Cc1ccc(C(N)=C2CCC2)nc1)c1cccc(C)c1C. The first kappa shape index (κ1) is 22.0. The van der Waals surface area contributed by atoms with E-state index in [2.05, 4.69) is 57.2 Å². The summed E-state index contributed by atoms with van der Waals surface area (Å²) in [4.78, 5) is 9.48. The van der Waals surface area contributed by atoms with Crippen LogP contribution >= 0.6 is 0 Å². The van der Waals surface area contributed by atoms with E-state index < -0.39 is 0 Å². The van der Waals surface area contributed by atoms with Crippen LogP contribution in [-0.4, -0.2) is 11.2 Å². The van der Waals surface area contributed by atoms with E-state index >= 15 is 0 Å². The van der Waals surface area contributed by atoms with Crippen molar-refractivity contribution in [3.05, 3.63) is 81.8 Å². The van der Waals surface area contributed by atoms with Crippen LogP contribution in [-0.2, 0) is 6.42 Å². The molecule has 30 heavy (non-hydrogen) atoms. The van der Waals surface area contributed by atoms with E-state index in [1.807, 2.05) is 19.3 Å². The minimum atomic E-state index is 0.211. The molecule has 1 aliphatic carbocycles. The van der Waals surface area contributed by atoms with Crippen molar-refractivity contribution in [1.82, 2.24) is 4.98 Å². The molecular formula is C27H35N3. The highest BCUT2D eigenvalue weighted by Crippen LogP contribution is 2.34. The van der Waals surface area contributed by atoms with Crippen molar-refractivity contribution in [3.8, 4) is 0 Å². The van der Waals surface area contributed by atoms with Gasteiger partial charge in [-0.05, 0) is 86.8 Å². The van der Waals surface area contributed by atoms with Crippen molar-refractivity contribution in [3.63, 3.8) is 0 Å². The second-order valence-electron chi connectivity index (χ2n) is 8.27. The zero-order valence-corrected chi connectivity index (χ0v) is 18.9. The van der Waals surface area contributed by atoms with Crippen LogP contribution in [0.1, 0.15) is 79.8 Å². The maximum Gasteiger partial charge on any atom is 0.0858 e. The fourth-order valence-corrected chi connectivity index (χ4v) is 4.00. The van der Waals surface area contributed by atoms with Crippen LogP contribution in [0, 0.1) is 13.8 Å². The first-order valence-electron chi connectivity index (χ1n) is 11.2. The minimum absolute atomic E-state index is 0.211. The molecule has 0 radical (unpaired) electrons. The number of aliphatic imine (C=N–C) groups is 1. The van der Waals surface area contributed by atoms with Crippen molar-refractivity contribution < 1.29 is 0 Å². The van der Waals surface area contributed by atoms with Crippen molar-refractivity contribution >= 4 is 11.9 Å². The number of aromatic nitrogens is 1. The van der Waals surface area contributed by atoms with Crippen LogP contribution in [0.25, 0.3) is 5.70 Å². The number of aryl methyl sites for hydroxylation is 1. The molecule has 0 spiro atoms. The number of unbranched alkanes of at least 4 members (excludes halogenated alkanes) is 1. The minimum Gasteiger partial charge on any atom is -0.397 e. The van der Waals surface area contributed by atoms with Gasteiger partial charge in [-0.25, -0.2) is 0 Å². The molecule has 0 saturated heterocycles. The summed E-state index contributed by atoms with van der Waals surface area (Å²) < 4.78 is 0. The Morgan fingerprint density at radius 2 is 2.00 bits per heavy atom. The summed E-state index contributed by atoms with van der Waals surface area (Å²) in [7, 11) is 0. The Morgan fingerprint density at radius 1 is 1.20 bits per heavy atom. The van der Waals surface area contributed by atoms with Gasteiger partial charge in [0.2, 0.25) is 0 Å². The predicted octanol–water partition coefficient (Wildman–Crippen LogP) is 6.65. The third kappa shape index (κ3) is 5.08. The predicted molar refractivity (Wildman–Crippen MR) is 129 cm³/mol. The van der Waals surface area contributed by atoms with E-state index in [0.29, 0.717) is 0 Å². The van der Waals surface area contributed by atoms with Crippen LogP contribution < -0.4 is 5.73 Å². The second-order valence-corrected chi connectivity index (χ2v) is 8.27. The van der Waals surface area contributed by atoms with Crippen LogP contribution in [0.4, 0.5) is 0 Å². The van der Waals surface area contributed by atoms with Gasteiger partial charge in [-0.2, -0.15) is 0 Å². The molecule has 0 bridgehead atoms. The molecule has 3 heteroatoms. The van der Waals surface area contributed by atoms with Gasteiger partial charge in [0.15, 0.2) is 0 Å². The summed E-state index contributed by atoms with van der Waals surface area (Å²) in [5, 5.41) is 0. The monoisotopic (exact) mass is 401 g/mol. The fourth-order valence-electron chi connectivity index (χ4n) is 4.00. The molecule has 1 saturated carbocycles. The number of hydrogen-bond donors (Lipinski definition) is 1. The van der Waals surface area contributed by atoms with Crippen LogP contribution in [0.2, 0.25) is 0 Å². The molecule has 1 atom stereocenters. The average molecular weight is 402 g/mol. The number of allylic oxidation sites excluding steroid dienone is 3. The van der Waals surface area contributed by atoms with E-state index in [1.165, 1.54) is 34.2 Å². The Kier molecular flexibility index (Phi) is 7.62. The molecule has 1 fully saturated rings. The van der Waals surface area contributed by atoms with Crippen molar-refractivity contribution in [2.24, 2.45) is 10.7 Å². The van der Waals surface area contributed by atoms with Crippen LogP contribution in [0.5, 0.6) is 0 Å². The van der Waals surface area contributed by atoms with Gasteiger partial charge in [-0.3, -0.25) is 9.98 Å². The van der Waals surface area contributed by atoms with E-state index in [9.17, 15) is 0 Å². The summed E-state index contributed by atoms with van der Waals surface area (Å²) in [6, 6.07) is 10.8. The normalized spacial score (nSPS) is 15.3. The van der Waals surface area contributed by atoms with Gasteiger partial charge in [-0.1, -0.05) is 43.7 Å². The maximum absolute atomic E-state index is 6.31. The molecule has 0 aliphatic heterocycles. The van der Waals surface area contributed by atoms with Gasteiger partial charge >= 0.3 is 0 Å². The number of rotatable bonds is 8. The summed E-state index contributed by atoms with van der Waals surface area (Å²) >= 11 is 0. The molecule has 158 valence electrons. The summed E-state index contributed by atoms with van der Waals surface area (Å²) in [6.45, 7) is 8.60. The molecule has 2 aromatic rings. The fraction of sp³-hybridized carbons (Fsp3) is 0.407. The number of hydrogen-bond acceptors (Lipinski definition) is 3. The molecule has 2 N–H and O–H groups in total. The highest BCUT2D eigenvalue weighted by atomic mass is 14.8. The first-order chi connectivity index (χ1) is 14.5. The summed E-state index contributed by atoms with van der Waals surface area (Å²) in [5.74, 6) is 0.211. The van der Waals surface area contributed by atoms with Gasteiger partial charge in [0.1, 0.15) is 0 Å². The molecule has 0 amide bonds. The molecule has 1 aromatic heterocycles. The number of benzene rings is 1. The lowest BCUT2D eigenvalue weighted by Crippen LogP contribution is -2.11. The van der Waals surface area contributed by atoms with Gasteiger partial charge in [0.25, 0.3) is 0 Å². The van der Waals surface area contributed by atoms with Gasteiger partial charge in [-0.15, -0.1) is 0 Å². The van der Waals surface area contributed by atoms with Gasteiger partial charge < -0.3 is 5.73 Å². The van der Waals surface area contributed by atoms with E-state index in [0.717, 1.165) is 49.2 Å². The molecular weight excluding hydrogens is 366 g/mol. The Bertz CT molecular complexity index is 943. The molecule has 1 aliphatic rings. The zero-order chi connectivity index (χ0) is 21.5. The van der Waals surface area contributed by atoms with E-state index in [1.54, 1.807) is 0 Å². The topological polar surface area (TPSA) is 51.3 Å². The largest absolute Gasteiger partial charge is 0.397 e. The Morgan fingerprint density at radius 3 is 2.60 bits per heavy atom. The van der Waals surface area contributed by atoms with E-state index in [-0.39, 0.29) is 5.92 Å². The third-order valence-corrected chi connectivity index (χ3v) is 6.18. The average Bonchev–Trinajstić information content (AvgIpc) is 2.71. The lowest BCUT2D eigenvalue weighted by molar-refractivity contribution is 0.663. The Balaban J connectivity index is 1.95. The number of pyridine rings is 1. The van der Waals surface area contributed by atoms with Crippen molar-refractivity contribution in [1.29, 1.82) is 0 Å². The number of nitrogens with zero attached hydrogens (tertiary/aromatic N) is 2. The lowest BCUT2D eigenvalue weighted by Gasteiger charge is -2.22. The molecule has 1 unspecified atom stereocenters. The zero-order valence-electron chi connectivity index (χ0n) is 18.9. The quantitative estimate of drug-likeness (QED) is 0.503. The number of nitrogens with two attached hydrogens (primary N) is 1.